The van der Waals surface area contributed by atoms with Crippen molar-refractivity contribution in [3.8, 4) is 0 Å². The molecule has 5 heteroatoms. The Morgan fingerprint density at radius 2 is 2.20 bits per heavy atom. The second kappa shape index (κ2) is 4.31. The number of carboxylic acids is 1. The molecule has 0 amide bonds. The van der Waals surface area contributed by atoms with Gasteiger partial charge in [0, 0.05) is 19.6 Å². The Balaban J connectivity index is 0.000000810. The minimum absolute atomic E-state index is 0. The number of carbonyl (C=O) groups is 1. The number of carboxylic acid groups (broad SMARTS) is 1. The number of hydrogen-bond donors (Lipinski definition) is 1. The van der Waals surface area contributed by atoms with E-state index < -0.39 is 5.97 Å². The van der Waals surface area contributed by atoms with Gasteiger partial charge in [-0.3, -0.25) is 4.90 Å². The van der Waals surface area contributed by atoms with Crippen LogP contribution >= 0.6 is 0 Å². The van der Waals surface area contributed by atoms with E-state index in [1.165, 1.54) is 0 Å². The molecule has 0 spiro atoms. The summed E-state index contributed by atoms with van der Waals surface area (Å²) in [4.78, 5) is 11.5. The first-order valence-corrected chi connectivity index (χ1v) is 2.79. The van der Waals surface area contributed by atoms with Crippen molar-refractivity contribution < 1.29 is 44.6 Å². The maximum Gasteiger partial charge on any atom is 1.00 e. The first-order chi connectivity index (χ1) is 4.18. The number of aliphatic hydroxyl groups is 1. The maximum absolute atomic E-state index is 9.87. The van der Waals surface area contributed by atoms with Gasteiger partial charge < -0.3 is 15.0 Å². The summed E-state index contributed by atoms with van der Waals surface area (Å²) in [6, 6.07) is 0. The molecule has 0 atom stereocenters. The number of aliphatic hydroxyl groups excluding tert-OH is 1. The van der Waals surface area contributed by atoms with E-state index in [0.717, 1.165) is 0 Å². The first-order valence-electron chi connectivity index (χ1n) is 2.79. The van der Waals surface area contributed by atoms with Crippen molar-refractivity contribution in [1.29, 1.82) is 0 Å². The van der Waals surface area contributed by atoms with Crippen molar-refractivity contribution >= 4 is 5.97 Å². The zero-order valence-electron chi connectivity index (χ0n) is 5.91. The molecule has 1 aliphatic heterocycles. The van der Waals surface area contributed by atoms with Crippen LogP contribution in [0.15, 0.2) is 0 Å². The average molecular weight is 153 g/mol. The van der Waals surface area contributed by atoms with E-state index in [1.807, 2.05) is 0 Å². The molecule has 0 aromatic rings. The summed E-state index contributed by atoms with van der Waals surface area (Å²) in [5, 5.41) is 18.6. The number of rotatable bonds is 2. The summed E-state index contributed by atoms with van der Waals surface area (Å²) in [5.41, 5.74) is 0. The van der Waals surface area contributed by atoms with Crippen LogP contribution in [0.25, 0.3) is 0 Å². The summed E-state index contributed by atoms with van der Waals surface area (Å²) in [7, 11) is 0. The van der Waals surface area contributed by atoms with Gasteiger partial charge in [-0.25, -0.2) is 0 Å². The van der Waals surface area contributed by atoms with Crippen LogP contribution < -0.4 is 34.7 Å². The third-order valence-electron chi connectivity index (χ3n) is 1.29. The van der Waals surface area contributed by atoms with E-state index in [1.54, 1.807) is 4.90 Å². The van der Waals surface area contributed by atoms with Crippen molar-refractivity contribution in [2.45, 2.75) is 6.10 Å². The molecule has 0 radical (unpaired) electrons. The third-order valence-corrected chi connectivity index (χ3v) is 1.29. The van der Waals surface area contributed by atoms with Crippen LogP contribution in [-0.4, -0.2) is 41.7 Å². The van der Waals surface area contributed by atoms with Gasteiger partial charge in [0.25, 0.3) is 0 Å². The Labute approximate surface area is 81.1 Å². The van der Waals surface area contributed by atoms with Gasteiger partial charge in [-0.2, -0.15) is 0 Å². The molecule has 0 aromatic heterocycles. The van der Waals surface area contributed by atoms with Crippen molar-refractivity contribution in [3.05, 3.63) is 0 Å². The van der Waals surface area contributed by atoms with Crippen molar-refractivity contribution in [3.63, 3.8) is 0 Å². The minimum atomic E-state index is -1.08. The van der Waals surface area contributed by atoms with Gasteiger partial charge in [0.1, 0.15) is 0 Å². The Morgan fingerprint density at radius 3 is 2.50 bits per heavy atom. The summed E-state index contributed by atoms with van der Waals surface area (Å²) in [5.74, 6) is -1.08. The summed E-state index contributed by atoms with van der Waals surface area (Å²) in [6.07, 6.45) is -0.329. The van der Waals surface area contributed by atoms with Gasteiger partial charge in [-0.1, -0.05) is 0 Å². The van der Waals surface area contributed by atoms with Gasteiger partial charge >= 0.3 is 29.6 Å². The van der Waals surface area contributed by atoms with Crippen LogP contribution in [-0.2, 0) is 4.79 Å². The van der Waals surface area contributed by atoms with Crippen molar-refractivity contribution in [2.24, 2.45) is 0 Å². The Bertz CT molecular complexity index is 124. The monoisotopic (exact) mass is 153 g/mol. The number of carbonyl (C=O) groups excluding carboxylic acids is 1. The number of β-amino-alcohol motifs (C(OH)–C–C–N with tert-alkyl or cyclic N) is 1. The largest absolute Gasteiger partial charge is 1.00 e. The summed E-state index contributed by atoms with van der Waals surface area (Å²) < 4.78 is 0. The second-order valence-corrected chi connectivity index (χ2v) is 2.22. The average Bonchev–Trinajstić information content (AvgIpc) is 1.60. The molecule has 0 saturated carbocycles. The van der Waals surface area contributed by atoms with Crippen LogP contribution in [0.1, 0.15) is 0 Å². The van der Waals surface area contributed by atoms with Gasteiger partial charge in [-0.15, -0.1) is 0 Å². The Kier molecular flexibility index (Phi) is 4.47. The molecular weight excluding hydrogens is 145 g/mol. The standard InChI is InChI=1S/C5H9NO3.Na/c7-4-1-6(2-4)3-5(8)9;/h4,7H,1-3H2,(H,8,9);/q;+1/p-1. The predicted molar refractivity (Wildman–Crippen MR) is 27.5 cm³/mol. The molecule has 1 N–H and O–H groups in total. The molecule has 4 nitrogen and oxygen atoms in total. The van der Waals surface area contributed by atoms with E-state index in [0.29, 0.717) is 13.1 Å². The van der Waals surface area contributed by atoms with Crippen LogP contribution in [0.4, 0.5) is 0 Å². The van der Waals surface area contributed by atoms with Gasteiger partial charge in [0.15, 0.2) is 0 Å². The normalized spacial score (nSPS) is 19.3. The molecule has 1 fully saturated rings. The maximum atomic E-state index is 9.87. The van der Waals surface area contributed by atoms with Gasteiger partial charge in [0.2, 0.25) is 0 Å². The molecule has 1 saturated heterocycles. The predicted octanol–water partition coefficient (Wildman–Crippen LogP) is -5.58. The third kappa shape index (κ3) is 2.98. The molecule has 0 unspecified atom stereocenters. The second-order valence-electron chi connectivity index (χ2n) is 2.22. The molecule has 0 bridgehead atoms. The number of hydrogen-bond acceptors (Lipinski definition) is 4. The molecule has 1 heterocycles. The number of nitrogens with zero attached hydrogens (tertiary/aromatic N) is 1. The van der Waals surface area contributed by atoms with Crippen LogP contribution in [0.5, 0.6) is 0 Å². The summed E-state index contributed by atoms with van der Waals surface area (Å²) >= 11 is 0. The first kappa shape index (κ1) is 10.4. The zero-order valence-corrected chi connectivity index (χ0v) is 7.91. The Hall–Kier alpha value is 0.390. The number of aliphatic carboxylic acids is 1. The molecule has 10 heavy (non-hydrogen) atoms. The summed E-state index contributed by atoms with van der Waals surface area (Å²) in [6.45, 7) is 0.874. The molecule has 0 aromatic carbocycles. The van der Waals surface area contributed by atoms with Crippen LogP contribution in [0.3, 0.4) is 0 Å². The SMILES string of the molecule is O=C([O-])CN1CC(O)C1.[Na+]. The van der Waals surface area contributed by atoms with Gasteiger partial charge in [0.05, 0.1) is 12.1 Å². The number of likely N-dealkylation sites (tertiary alicyclic amines) is 1. The van der Waals surface area contributed by atoms with Crippen LogP contribution in [0.2, 0.25) is 0 Å². The molecule has 1 aliphatic rings. The van der Waals surface area contributed by atoms with E-state index in [-0.39, 0.29) is 42.2 Å². The smallest absolute Gasteiger partial charge is 0.549 e. The van der Waals surface area contributed by atoms with E-state index in [9.17, 15) is 9.90 Å². The van der Waals surface area contributed by atoms with Gasteiger partial charge in [-0.05, 0) is 0 Å². The quantitative estimate of drug-likeness (QED) is 0.402. The fourth-order valence-corrected chi connectivity index (χ4v) is 0.854. The van der Waals surface area contributed by atoms with Crippen LogP contribution in [0, 0.1) is 0 Å². The fraction of sp³-hybridized carbons (Fsp3) is 0.800. The minimum Gasteiger partial charge on any atom is -0.549 e. The van der Waals surface area contributed by atoms with Crippen molar-refractivity contribution in [1.82, 2.24) is 4.90 Å². The zero-order chi connectivity index (χ0) is 6.85. The topological polar surface area (TPSA) is 63.6 Å². The molecule has 1 rings (SSSR count). The molecular formula is C5H8NNaO3. The van der Waals surface area contributed by atoms with E-state index in [4.69, 9.17) is 5.11 Å². The fourth-order valence-electron chi connectivity index (χ4n) is 0.854. The molecule has 52 valence electrons. The van der Waals surface area contributed by atoms with E-state index >= 15 is 0 Å². The molecule has 0 aliphatic carbocycles. The van der Waals surface area contributed by atoms with E-state index in [2.05, 4.69) is 0 Å². The Morgan fingerprint density at radius 1 is 1.70 bits per heavy atom. The van der Waals surface area contributed by atoms with Crippen molar-refractivity contribution in [2.75, 3.05) is 19.6 Å².